The number of nitrogens with zero attached hydrogens (tertiary/aromatic N) is 5. The van der Waals surface area contributed by atoms with Crippen molar-refractivity contribution < 1.29 is 22.6 Å². The van der Waals surface area contributed by atoms with Crippen molar-refractivity contribution in [1.29, 1.82) is 0 Å². The van der Waals surface area contributed by atoms with Crippen LogP contribution in [-0.2, 0) is 20.0 Å². The van der Waals surface area contributed by atoms with Crippen molar-refractivity contribution >= 4 is 17.0 Å². The number of rotatable bonds is 8. The molecule has 0 spiro atoms. The molecule has 12 heteroatoms. The number of hydrogen-bond donors (Lipinski definition) is 2. The molecule has 2 N–H and O–H groups in total. The maximum absolute atomic E-state index is 12.2. The summed E-state index contributed by atoms with van der Waals surface area (Å²) in [6.07, 6.45) is -2.28. The van der Waals surface area contributed by atoms with E-state index in [4.69, 9.17) is 9.72 Å². The number of fused-ring (bicyclic) bond motifs is 1. The molecule has 0 aliphatic rings. The second-order valence-corrected chi connectivity index (χ2v) is 8.39. The fourth-order valence-corrected chi connectivity index (χ4v) is 3.78. The van der Waals surface area contributed by atoms with Crippen molar-refractivity contribution in [2.24, 2.45) is 7.05 Å². The Kier molecular flexibility index (Phi) is 6.38. The van der Waals surface area contributed by atoms with Crippen LogP contribution in [0.5, 0.6) is 17.5 Å². The summed E-state index contributed by atoms with van der Waals surface area (Å²) >= 11 is 0. The molecule has 0 aliphatic heterocycles. The number of benzene rings is 2. The van der Waals surface area contributed by atoms with Gasteiger partial charge in [-0.3, -0.25) is 5.10 Å². The largest absolute Gasteiger partial charge is 0.573 e. The maximum atomic E-state index is 12.2. The number of alkyl halides is 3. The van der Waals surface area contributed by atoms with Crippen molar-refractivity contribution in [1.82, 2.24) is 29.7 Å². The highest BCUT2D eigenvalue weighted by Crippen LogP contribution is 2.25. The molecule has 5 aromatic rings. The van der Waals surface area contributed by atoms with E-state index in [2.05, 4.69) is 42.4 Å². The Morgan fingerprint density at radius 3 is 2.38 bits per heavy atom. The predicted octanol–water partition coefficient (Wildman–Crippen LogP) is 5.29. The second-order valence-electron chi connectivity index (χ2n) is 8.39. The molecule has 0 bridgehead atoms. The minimum atomic E-state index is -4.81. The topological polar surface area (TPSA) is 103 Å². The summed E-state index contributed by atoms with van der Waals surface area (Å²) in [5.74, 6) is 0.653. The third-order valence-electron chi connectivity index (χ3n) is 5.51. The first-order valence-electron chi connectivity index (χ1n) is 11.3. The summed E-state index contributed by atoms with van der Waals surface area (Å²) in [6.45, 7) is 2.50. The summed E-state index contributed by atoms with van der Waals surface area (Å²) in [4.78, 5) is 12.2. The van der Waals surface area contributed by atoms with Gasteiger partial charge in [0.15, 0.2) is 5.75 Å². The fourth-order valence-electron chi connectivity index (χ4n) is 3.78. The maximum Gasteiger partial charge on any atom is 0.573 e. The summed E-state index contributed by atoms with van der Waals surface area (Å²) in [7, 11) is 1.96. The molecule has 3 heterocycles. The van der Waals surface area contributed by atoms with Crippen LogP contribution in [0.3, 0.4) is 0 Å². The second kappa shape index (κ2) is 9.80. The summed E-state index contributed by atoms with van der Waals surface area (Å²) in [5.41, 5.74) is 6.05. The molecular formula is C25H22F3N7O2. The molecule has 190 valence electrons. The number of imidazole rings is 1. The summed E-state index contributed by atoms with van der Waals surface area (Å²) in [6, 6.07) is 15.3. The van der Waals surface area contributed by atoms with E-state index < -0.39 is 12.1 Å². The number of aromatic amines is 1. The van der Waals surface area contributed by atoms with Gasteiger partial charge in [0.1, 0.15) is 5.75 Å². The average molecular weight is 509 g/mol. The molecule has 5 rings (SSSR count). The summed E-state index contributed by atoms with van der Waals surface area (Å²) < 4.78 is 48.0. The Labute approximate surface area is 209 Å². The van der Waals surface area contributed by atoms with Crippen molar-refractivity contribution in [3.05, 3.63) is 83.4 Å². The van der Waals surface area contributed by atoms with Crippen LogP contribution in [0.4, 0.5) is 19.1 Å². The van der Waals surface area contributed by atoms with Crippen LogP contribution in [0, 0.1) is 6.92 Å². The van der Waals surface area contributed by atoms with Crippen molar-refractivity contribution in [2.45, 2.75) is 26.3 Å². The molecule has 0 saturated carbocycles. The minimum absolute atomic E-state index is 0.0955. The molecule has 0 fully saturated rings. The molecule has 37 heavy (non-hydrogen) atoms. The van der Waals surface area contributed by atoms with Crippen LogP contribution < -0.4 is 14.8 Å². The van der Waals surface area contributed by atoms with Crippen LogP contribution in [0.15, 0.2) is 60.9 Å². The number of aryl methyl sites for hydroxylation is 2. The van der Waals surface area contributed by atoms with Crippen LogP contribution in [0.25, 0.3) is 11.0 Å². The molecule has 0 unspecified atom stereocenters. The van der Waals surface area contributed by atoms with E-state index >= 15 is 0 Å². The number of ether oxygens (including phenoxy) is 2. The van der Waals surface area contributed by atoms with Crippen LogP contribution in [0.2, 0.25) is 0 Å². The Hall–Kier alpha value is -4.61. The monoisotopic (exact) mass is 509 g/mol. The Morgan fingerprint density at radius 2 is 1.70 bits per heavy atom. The summed E-state index contributed by atoms with van der Waals surface area (Å²) in [5, 5.41) is 10.6. The fraction of sp³-hybridized carbons (Fsp3) is 0.200. The molecule has 3 aromatic heterocycles. The van der Waals surface area contributed by atoms with Crippen molar-refractivity contribution in [3.8, 4) is 17.5 Å². The van der Waals surface area contributed by atoms with Gasteiger partial charge in [-0.05, 0) is 48.4 Å². The van der Waals surface area contributed by atoms with Gasteiger partial charge in [-0.1, -0.05) is 18.2 Å². The molecule has 9 nitrogen and oxygen atoms in total. The Balaban J connectivity index is 1.20. The lowest BCUT2D eigenvalue weighted by Crippen LogP contribution is -2.17. The van der Waals surface area contributed by atoms with Crippen LogP contribution in [-0.4, -0.2) is 36.1 Å². The minimum Gasteiger partial charge on any atom is -0.424 e. The van der Waals surface area contributed by atoms with Gasteiger partial charge in [-0.15, -0.1) is 13.2 Å². The van der Waals surface area contributed by atoms with Gasteiger partial charge in [0.25, 0.3) is 0 Å². The van der Waals surface area contributed by atoms with Crippen LogP contribution in [0.1, 0.15) is 22.5 Å². The van der Waals surface area contributed by atoms with Crippen molar-refractivity contribution in [2.75, 3.05) is 5.32 Å². The molecule has 2 aromatic carbocycles. The van der Waals surface area contributed by atoms with E-state index in [0.29, 0.717) is 12.3 Å². The van der Waals surface area contributed by atoms with E-state index in [1.807, 2.05) is 42.8 Å². The first-order valence-corrected chi connectivity index (χ1v) is 11.3. The van der Waals surface area contributed by atoms with E-state index in [9.17, 15) is 13.2 Å². The van der Waals surface area contributed by atoms with Gasteiger partial charge in [-0.2, -0.15) is 15.1 Å². The van der Waals surface area contributed by atoms with Crippen LogP contribution >= 0.6 is 0 Å². The number of aromatic nitrogens is 6. The zero-order chi connectivity index (χ0) is 26.0. The van der Waals surface area contributed by atoms with Gasteiger partial charge in [0.05, 0.1) is 29.1 Å². The first-order chi connectivity index (χ1) is 17.7. The average Bonchev–Trinajstić information content (AvgIpc) is 3.41. The van der Waals surface area contributed by atoms with E-state index in [0.717, 1.165) is 58.3 Å². The smallest absolute Gasteiger partial charge is 0.424 e. The molecule has 0 saturated heterocycles. The number of H-pyrrole nitrogens is 1. The number of halogens is 3. The highest BCUT2D eigenvalue weighted by atomic mass is 19.4. The predicted molar refractivity (Wildman–Crippen MR) is 129 cm³/mol. The quantitative estimate of drug-likeness (QED) is 0.293. The van der Waals surface area contributed by atoms with Gasteiger partial charge in [0, 0.05) is 25.7 Å². The standard InChI is InChI=1S/C25H22F3N7O2/c1-15-9-18(34-33-15)10-17-5-8-21-22(11-17)35(2)23(32-21)29-12-16-3-6-19(7-4-16)36-24-30-13-20(14-31-24)37-25(26,27)28/h3-9,11,13-14H,10,12H2,1-2H3,(H,29,32)(H,33,34). The normalized spacial score (nSPS) is 11.6. The van der Waals surface area contributed by atoms with E-state index in [1.54, 1.807) is 12.1 Å². The van der Waals surface area contributed by atoms with Gasteiger partial charge in [-0.25, -0.2) is 4.98 Å². The van der Waals surface area contributed by atoms with E-state index in [-0.39, 0.29) is 6.01 Å². The molecule has 0 aliphatic carbocycles. The van der Waals surface area contributed by atoms with E-state index in [1.165, 1.54) is 0 Å². The lowest BCUT2D eigenvalue weighted by Gasteiger charge is -2.09. The Bertz CT molecular complexity index is 1510. The molecule has 0 radical (unpaired) electrons. The number of nitrogens with one attached hydrogen (secondary N) is 2. The van der Waals surface area contributed by atoms with Gasteiger partial charge in [0.2, 0.25) is 5.95 Å². The lowest BCUT2D eigenvalue weighted by atomic mass is 10.1. The molecule has 0 atom stereocenters. The third kappa shape index (κ3) is 5.97. The first kappa shape index (κ1) is 24.1. The number of anilines is 1. The zero-order valence-electron chi connectivity index (χ0n) is 19.9. The lowest BCUT2D eigenvalue weighted by molar-refractivity contribution is -0.274. The molecule has 0 amide bonds. The highest BCUT2D eigenvalue weighted by molar-refractivity contribution is 5.79. The zero-order valence-corrected chi connectivity index (χ0v) is 19.9. The Morgan fingerprint density at radius 1 is 0.973 bits per heavy atom. The van der Waals surface area contributed by atoms with Gasteiger partial charge >= 0.3 is 12.4 Å². The van der Waals surface area contributed by atoms with Crippen molar-refractivity contribution in [3.63, 3.8) is 0 Å². The SMILES string of the molecule is Cc1cc(Cc2ccc3nc(NCc4ccc(Oc5ncc(OC(F)(F)F)cn5)cc4)n(C)c3c2)n[nH]1. The third-order valence-corrected chi connectivity index (χ3v) is 5.51. The number of hydrogen-bond acceptors (Lipinski definition) is 7. The highest BCUT2D eigenvalue weighted by Gasteiger charge is 2.31. The van der Waals surface area contributed by atoms with Gasteiger partial charge < -0.3 is 19.4 Å². The molecular weight excluding hydrogens is 487 g/mol.